The highest BCUT2D eigenvalue weighted by molar-refractivity contribution is 6.91. The zero-order chi connectivity index (χ0) is 35.0. The SMILES string of the molecule is CC(C)[Si](C#CC(C#C[Si](C)(C)C)=C(C#C[Si](C(C)C)(C(C)C)C(C)C)C#C[Si](C(C)C)(C(C)C)C(C)C)(C(C)C)C(C)C. The summed E-state index contributed by atoms with van der Waals surface area (Å²) in [6.07, 6.45) is 0. The molecule has 0 heterocycles. The molecule has 0 nitrogen and oxygen atoms in total. The van der Waals surface area contributed by atoms with Crippen molar-refractivity contribution in [1.82, 2.24) is 0 Å². The smallest absolute Gasteiger partial charge is 0.126 e. The molecule has 0 aromatic heterocycles. The van der Waals surface area contributed by atoms with Crippen LogP contribution in [-0.4, -0.2) is 32.3 Å². The highest BCUT2D eigenvalue weighted by Gasteiger charge is 2.44. The molecule has 0 radical (unpaired) electrons. The highest BCUT2D eigenvalue weighted by atomic mass is 28.3. The first kappa shape index (κ1) is 42.8. The molecule has 0 saturated carbocycles. The molecule has 0 saturated heterocycles. The van der Waals surface area contributed by atoms with Crippen LogP contribution in [0, 0.1) is 45.9 Å². The average Bonchev–Trinajstić information content (AvgIpc) is 2.83. The molecule has 0 aliphatic heterocycles. The zero-order valence-electron chi connectivity index (χ0n) is 33.2. The van der Waals surface area contributed by atoms with Gasteiger partial charge in [0.15, 0.2) is 0 Å². The summed E-state index contributed by atoms with van der Waals surface area (Å²) >= 11 is 0. The van der Waals surface area contributed by atoms with Gasteiger partial charge in [-0.1, -0.05) is 168 Å². The van der Waals surface area contributed by atoms with Crippen LogP contribution in [0.15, 0.2) is 11.1 Å². The van der Waals surface area contributed by atoms with Crippen molar-refractivity contribution in [2.75, 3.05) is 0 Å². The van der Waals surface area contributed by atoms with Crippen molar-refractivity contribution in [3.05, 3.63) is 11.1 Å². The van der Waals surface area contributed by atoms with E-state index < -0.39 is 32.3 Å². The fourth-order valence-electron chi connectivity index (χ4n) is 8.37. The van der Waals surface area contributed by atoms with E-state index in [0.717, 1.165) is 11.1 Å². The molecule has 44 heavy (non-hydrogen) atoms. The Hall–Kier alpha value is -1.15. The molecule has 0 aromatic carbocycles. The third-order valence-corrected chi connectivity index (χ3v) is 30.4. The van der Waals surface area contributed by atoms with Crippen molar-refractivity contribution in [2.45, 2.75) is 194 Å². The van der Waals surface area contributed by atoms with Gasteiger partial charge in [-0.15, -0.1) is 22.2 Å². The lowest BCUT2D eigenvalue weighted by molar-refractivity contribution is 0.838. The predicted molar refractivity (Wildman–Crippen MR) is 215 cm³/mol. The second kappa shape index (κ2) is 17.1. The van der Waals surface area contributed by atoms with Gasteiger partial charge in [-0.3, -0.25) is 0 Å². The van der Waals surface area contributed by atoms with Gasteiger partial charge in [0.2, 0.25) is 0 Å². The summed E-state index contributed by atoms with van der Waals surface area (Å²) in [5.41, 5.74) is 22.6. The minimum Gasteiger partial charge on any atom is -0.126 e. The number of rotatable bonds is 9. The van der Waals surface area contributed by atoms with Gasteiger partial charge in [0.05, 0.1) is 11.1 Å². The van der Waals surface area contributed by atoms with Gasteiger partial charge in [-0.25, -0.2) is 0 Å². The van der Waals surface area contributed by atoms with Gasteiger partial charge in [0, 0.05) is 0 Å². The van der Waals surface area contributed by atoms with E-state index in [2.05, 4.69) is 190 Å². The first-order valence-corrected chi connectivity index (χ1v) is 27.9. The van der Waals surface area contributed by atoms with Crippen LogP contribution in [0.3, 0.4) is 0 Å². The molecule has 0 aliphatic carbocycles. The van der Waals surface area contributed by atoms with Gasteiger partial charge in [0.1, 0.15) is 32.3 Å². The Balaban J connectivity index is 8.58. The van der Waals surface area contributed by atoms with Crippen molar-refractivity contribution in [3.8, 4) is 45.9 Å². The topological polar surface area (TPSA) is 0 Å². The van der Waals surface area contributed by atoms with Crippen molar-refractivity contribution in [1.29, 1.82) is 0 Å². The Labute approximate surface area is 282 Å². The Morgan fingerprint density at radius 1 is 0.295 bits per heavy atom. The van der Waals surface area contributed by atoms with Crippen LogP contribution < -0.4 is 0 Å². The summed E-state index contributed by atoms with van der Waals surface area (Å²) in [4.78, 5) is 0. The summed E-state index contributed by atoms with van der Waals surface area (Å²) in [6, 6.07) is 0. The van der Waals surface area contributed by atoms with Crippen LogP contribution in [0.4, 0.5) is 0 Å². The monoisotopic (exact) mass is 664 g/mol. The zero-order valence-corrected chi connectivity index (χ0v) is 37.2. The summed E-state index contributed by atoms with van der Waals surface area (Å²) in [5.74, 6) is 15.1. The molecule has 0 unspecified atom stereocenters. The minimum atomic E-state index is -1.98. The van der Waals surface area contributed by atoms with Crippen LogP contribution in [0.1, 0.15) is 125 Å². The third kappa shape index (κ3) is 9.92. The standard InChI is InChI=1S/C40H72Si4/c1-30(2)42(31(3)4,32(5)6)27-23-39(22-26-41(19,20)21)40(24-28-43(33(7)8,34(9)10)35(11)12)25-29-44(36(13)14,37(15)16)38(17)18/h30-38H,1-21H3. The average molecular weight is 665 g/mol. The molecule has 0 fully saturated rings. The van der Waals surface area contributed by atoms with E-state index in [-0.39, 0.29) is 0 Å². The lowest BCUT2D eigenvalue weighted by Gasteiger charge is -2.38. The molecule has 0 amide bonds. The lowest BCUT2D eigenvalue weighted by Crippen LogP contribution is -2.43. The van der Waals surface area contributed by atoms with Crippen molar-refractivity contribution in [3.63, 3.8) is 0 Å². The van der Waals surface area contributed by atoms with Crippen LogP contribution in [0.5, 0.6) is 0 Å². The number of hydrogen-bond acceptors (Lipinski definition) is 0. The van der Waals surface area contributed by atoms with Crippen molar-refractivity contribution >= 4 is 32.3 Å². The van der Waals surface area contributed by atoms with Gasteiger partial charge in [0.25, 0.3) is 0 Å². The molecular weight excluding hydrogens is 593 g/mol. The summed E-state index contributed by atoms with van der Waals surface area (Å²) in [6.45, 7) is 50.0. The molecule has 0 N–H and O–H groups in total. The van der Waals surface area contributed by atoms with Crippen LogP contribution >= 0.6 is 0 Å². The lowest BCUT2D eigenvalue weighted by atomic mass is 10.1. The van der Waals surface area contributed by atoms with E-state index >= 15 is 0 Å². The third-order valence-electron chi connectivity index (χ3n) is 10.6. The Morgan fingerprint density at radius 3 is 0.591 bits per heavy atom. The van der Waals surface area contributed by atoms with E-state index in [0.29, 0.717) is 49.9 Å². The molecule has 0 rings (SSSR count). The molecule has 0 spiro atoms. The Kier molecular flexibility index (Phi) is 16.7. The Bertz CT molecular complexity index is 1100. The highest BCUT2D eigenvalue weighted by Crippen LogP contribution is 2.43. The fourth-order valence-corrected chi connectivity index (χ4v) is 24.5. The molecule has 0 aliphatic rings. The van der Waals surface area contributed by atoms with Gasteiger partial charge in [-0.2, -0.15) is 0 Å². The van der Waals surface area contributed by atoms with E-state index in [4.69, 9.17) is 0 Å². The van der Waals surface area contributed by atoms with Gasteiger partial charge in [-0.05, 0) is 49.9 Å². The minimum absolute atomic E-state index is 0.560. The van der Waals surface area contributed by atoms with Crippen LogP contribution in [-0.2, 0) is 0 Å². The van der Waals surface area contributed by atoms with Crippen LogP contribution in [0.2, 0.25) is 69.5 Å². The van der Waals surface area contributed by atoms with Crippen molar-refractivity contribution in [2.24, 2.45) is 0 Å². The van der Waals surface area contributed by atoms with Crippen LogP contribution in [0.25, 0.3) is 0 Å². The molecular formula is C40H72Si4. The Morgan fingerprint density at radius 2 is 0.455 bits per heavy atom. The molecule has 0 atom stereocenters. The largest absolute Gasteiger partial charge is 0.146 e. The maximum Gasteiger partial charge on any atom is 0.146 e. The normalized spacial score (nSPS) is 12.9. The van der Waals surface area contributed by atoms with E-state index in [9.17, 15) is 0 Å². The second-order valence-corrected chi connectivity index (χ2v) is 38.7. The first-order valence-electron chi connectivity index (χ1n) is 17.7. The molecule has 4 heteroatoms. The number of hydrogen-bond donors (Lipinski definition) is 0. The van der Waals surface area contributed by atoms with Gasteiger partial charge < -0.3 is 0 Å². The number of allylic oxidation sites excluding steroid dienone is 2. The van der Waals surface area contributed by atoms with Crippen molar-refractivity contribution < 1.29 is 0 Å². The maximum atomic E-state index is 4.03. The van der Waals surface area contributed by atoms with E-state index in [1.807, 2.05) is 0 Å². The van der Waals surface area contributed by atoms with E-state index in [1.165, 1.54) is 0 Å². The maximum absolute atomic E-state index is 4.03. The summed E-state index contributed by atoms with van der Waals surface area (Å²) < 4.78 is 0. The molecule has 0 aromatic rings. The quantitative estimate of drug-likeness (QED) is 0.170. The fraction of sp³-hybridized carbons (Fsp3) is 0.750. The summed E-state index contributed by atoms with van der Waals surface area (Å²) in [5, 5.41) is 0. The molecule has 0 bridgehead atoms. The second-order valence-electron chi connectivity index (χ2n) is 17.2. The van der Waals surface area contributed by atoms with Gasteiger partial charge >= 0.3 is 0 Å². The summed E-state index contributed by atoms with van der Waals surface area (Å²) in [7, 11) is -7.59. The predicted octanol–water partition coefficient (Wildman–Crippen LogP) is 12.8. The van der Waals surface area contributed by atoms with E-state index in [1.54, 1.807) is 0 Å². The molecule has 248 valence electrons. The first-order chi connectivity index (χ1) is 19.9.